The summed E-state index contributed by atoms with van der Waals surface area (Å²) in [5.41, 5.74) is 0. The molecule has 1 saturated heterocycles. The SMILES string of the molecule is CC(=O)N1C[C@@H](C)N(C)[C@H](C)C1. The Bertz CT molecular complexity index is 169. The Balaban J connectivity index is 2.59. The van der Waals surface area contributed by atoms with E-state index in [0.717, 1.165) is 13.1 Å². The summed E-state index contributed by atoms with van der Waals surface area (Å²) < 4.78 is 0. The number of nitrogens with zero attached hydrogens (tertiary/aromatic N) is 2. The van der Waals surface area contributed by atoms with Gasteiger partial charge in [-0.2, -0.15) is 0 Å². The van der Waals surface area contributed by atoms with Crippen molar-refractivity contribution >= 4 is 5.91 Å². The van der Waals surface area contributed by atoms with Gasteiger partial charge in [-0.1, -0.05) is 0 Å². The first kappa shape index (κ1) is 9.52. The summed E-state index contributed by atoms with van der Waals surface area (Å²) in [6, 6.07) is 0.968. The molecule has 0 aliphatic carbocycles. The highest BCUT2D eigenvalue weighted by molar-refractivity contribution is 5.73. The Kier molecular flexibility index (Phi) is 2.73. The number of piperazine rings is 1. The zero-order valence-corrected chi connectivity index (χ0v) is 8.37. The van der Waals surface area contributed by atoms with Crippen molar-refractivity contribution in [2.75, 3.05) is 20.1 Å². The van der Waals surface area contributed by atoms with E-state index >= 15 is 0 Å². The fraction of sp³-hybridized carbons (Fsp3) is 0.889. The van der Waals surface area contributed by atoms with E-state index in [2.05, 4.69) is 25.8 Å². The molecule has 1 amide bonds. The average Bonchev–Trinajstić information content (AvgIpc) is 1.99. The molecule has 0 saturated carbocycles. The van der Waals surface area contributed by atoms with Crippen LogP contribution < -0.4 is 0 Å². The van der Waals surface area contributed by atoms with Gasteiger partial charge in [-0.25, -0.2) is 0 Å². The largest absolute Gasteiger partial charge is 0.340 e. The van der Waals surface area contributed by atoms with Crippen LogP contribution in [0.4, 0.5) is 0 Å². The van der Waals surface area contributed by atoms with Gasteiger partial charge >= 0.3 is 0 Å². The standard InChI is InChI=1S/C9H18N2O/c1-7-5-11(9(3)12)6-8(2)10(7)4/h7-8H,5-6H2,1-4H3/t7-,8-/m1/s1. The third-order valence-corrected chi connectivity index (χ3v) is 2.81. The summed E-state index contributed by atoms with van der Waals surface area (Å²) in [5.74, 6) is 0.196. The molecule has 70 valence electrons. The van der Waals surface area contributed by atoms with Gasteiger partial charge in [0.2, 0.25) is 5.91 Å². The normalized spacial score (nSPS) is 32.2. The van der Waals surface area contributed by atoms with E-state index < -0.39 is 0 Å². The fourth-order valence-corrected chi connectivity index (χ4v) is 1.66. The monoisotopic (exact) mass is 170 g/mol. The molecular formula is C9H18N2O. The second kappa shape index (κ2) is 3.44. The quantitative estimate of drug-likeness (QED) is 0.530. The van der Waals surface area contributed by atoms with Crippen molar-refractivity contribution in [1.29, 1.82) is 0 Å². The lowest BCUT2D eigenvalue weighted by Crippen LogP contribution is -2.55. The summed E-state index contributed by atoms with van der Waals surface area (Å²) in [4.78, 5) is 15.3. The van der Waals surface area contributed by atoms with Gasteiger partial charge in [-0.05, 0) is 20.9 Å². The van der Waals surface area contributed by atoms with E-state index in [1.807, 2.05) is 4.90 Å². The minimum Gasteiger partial charge on any atom is -0.340 e. The van der Waals surface area contributed by atoms with E-state index in [0.29, 0.717) is 12.1 Å². The molecular weight excluding hydrogens is 152 g/mol. The molecule has 0 aromatic rings. The molecule has 3 nitrogen and oxygen atoms in total. The minimum absolute atomic E-state index is 0.196. The lowest BCUT2D eigenvalue weighted by atomic mass is 10.1. The van der Waals surface area contributed by atoms with Gasteiger partial charge in [0.05, 0.1) is 0 Å². The molecule has 0 N–H and O–H groups in total. The maximum Gasteiger partial charge on any atom is 0.219 e. The van der Waals surface area contributed by atoms with Crippen LogP contribution in [-0.4, -0.2) is 47.9 Å². The topological polar surface area (TPSA) is 23.6 Å². The van der Waals surface area contributed by atoms with Gasteiger partial charge in [0.25, 0.3) is 0 Å². The van der Waals surface area contributed by atoms with Crippen molar-refractivity contribution in [1.82, 2.24) is 9.80 Å². The maximum atomic E-state index is 11.1. The van der Waals surface area contributed by atoms with Crippen molar-refractivity contribution in [2.24, 2.45) is 0 Å². The number of carbonyl (C=O) groups is 1. The Morgan fingerprint density at radius 3 is 2.00 bits per heavy atom. The number of hydrogen-bond acceptors (Lipinski definition) is 2. The third kappa shape index (κ3) is 1.78. The smallest absolute Gasteiger partial charge is 0.219 e. The van der Waals surface area contributed by atoms with Crippen LogP contribution in [0.2, 0.25) is 0 Å². The van der Waals surface area contributed by atoms with Crippen LogP contribution in [0.1, 0.15) is 20.8 Å². The Labute approximate surface area is 74.3 Å². The van der Waals surface area contributed by atoms with Crippen LogP contribution in [0.3, 0.4) is 0 Å². The second-order valence-electron chi connectivity index (χ2n) is 3.79. The van der Waals surface area contributed by atoms with Crippen molar-refractivity contribution < 1.29 is 4.79 Å². The summed E-state index contributed by atoms with van der Waals surface area (Å²) in [7, 11) is 2.12. The number of likely N-dealkylation sites (N-methyl/N-ethyl adjacent to an activating group) is 1. The first-order valence-corrected chi connectivity index (χ1v) is 4.49. The lowest BCUT2D eigenvalue weighted by Gasteiger charge is -2.42. The van der Waals surface area contributed by atoms with Gasteiger partial charge in [-0.3, -0.25) is 9.69 Å². The number of hydrogen-bond donors (Lipinski definition) is 0. The molecule has 0 unspecified atom stereocenters. The van der Waals surface area contributed by atoms with Gasteiger partial charge in [0.1, 0.15) is 0 Å². The molecule has 0 radical (unpaired) electrons. The van der Waals surface area contributed by atoms with Gasteiger partial charge in [-0.15, -0.1) is 0 Å². The Hall–Kier alpha value is -0.570. The van der Waals surface area contributed by atoms with Crippen LogP contribution in [0, 0.1) is 0 Å². The van der Waals surface area contributed by atoms with Gasteiger partial charge in [0, 0.05) is 32.1 Å². The molecule has 1 aliphatic rings. The van der Waals surface area contributed by atoms with E-state index in [9.17, 15) is 4.79 Å². The molecule has 0 spiro atoms. The van der Waals surface area contributed by atoms with Crippen LogP contribution in [-0.2, 0) is 4.79 Å². The van der Waals surface area contributed by atoms with Crippen LogP contribution in [0.5, 0.6) is 0 Å². The predicted octanol–water partition coefficient (Wildman–Crippen LogP) is 0.557. The summed E-state index contributed by atoms with van der Waals surface area (Å²) in [6.07, 6.45) is 0. The number of carbonyl (C=O) groups excluding carboxylic acids is 1. The van der Waals surface area contributed by atoms with E-state index in [-0.39, 0.29) is 5.91 Å². The molecule has 12 heavy (non-hydrogen) atoms. The Morgan fingerprint density at radius 1 is 1.25 bits per heavy atom. The van der Waals surface area contributed by atoms with Gasteiger partial charge in [0.15, 0.2) is 0 Å². The van der Waals surface area contributed by atoms with Crippen LogP contribution >= 0.6 is 0 Å². The number of amides is 1. The molecule has 1 heterocycles. The van der Waals surface area contributed by atoms with Gasteiger partial charge < -0.3 is 4.90 Å². The molecule has 1 fully saturated rings. The van der Waals surface area contributed by atoms with Crippen molar-refractivity contribution in [2.45, 2.75) is 32.9 Å². The van der Waals surface area contributed by atoms with Crippen molar-refractivity contribution in [3.05, 3.63) is 0 Å². The van der Waals surface area contributed by atoms with Crippen molar-refractivity contribution in [3.63, 3.8) is 0 Å². The highest BCUT2D eigenvalue weighted by Gasteiger charge is 2.27. The molecule has 0 bridgehead atoms. The maximum absolute atomic E-state index is 11.1. The lowest BCUT2D eigenvalue weighted by molar-refractivity contribution is -0.132. The predicted molar refractivity (Wildman–Crippen MR) is 48.9 cm³/mol. The van der Waals surface area contributed by atoms with E-state index in [4.69, 9.17) is 0 Å². The first-order chi connectivity index (χ1) is 5.52. The number of rotatable bonds is 0. The highest BCUT2D eigenvalue weighted by Crippen LogP contribution is 2.12. The summed E-state index contributed by atoms with van der Waals surface area (Å²) in [6.45, 7) is 7.70. The van der Waals surface area contributed by atoms with Crippen molar-refractivity contribution in [3.8, 4) is 0 Å². The fourth-order valence-electron chi connectivity index (χ4n) is 1.66. The molecule has 2 atom stereocenters. The first-order valence-electron chi connectivity index (χ1n) is 4.49. The second-order valence-corrected chi connectivity index (χ2v) is 3.79. The highest BCUT2D eigenvalue weighted by atomic mass is 16.2. The summed E-state index contributed by atoms with van der Waals surface area (Å²) >= 11 is 0. The summed E-state index contributed by atoms with van der Waals surface area (Å²) in [5, 5.41) is 0. The van der Waals surface area contributed by atoms with Crippen LogP contribution in [0.25, 0.3) is 0 Å². The molecule has 1 aliphatic heterocycles. The third-order valence-electron chi connectivity index (χ3n) is 2.81. The average molecular weight is 170 g/mol. The Morgan fingerprint density at radius 2 is 1.67 bits per heavy atom. The zero-order valence-electron chi connectivity index (χ0n) is 8.37. The van der Waals surface area contributed by atoms with Crippen LogP contribution in [0.15, 0.2) is 0 Å². The minimum atomic E-state index is 0.196. The molecule has 0 aromatic carbocycles. The van der Waals surface area contributed by atoms with E-state index in [1.165, 1.54) is 0 Å². The molecule has 3 heteroatoms. The zero-order chi connectivity index (χ0) is 9.30. The van der Waals surface area contributed by atoms with E-state index in [1.54, 1.807) is 6.92 Å². The molecule has 1 rings (SSSR count). The molecule has 0 aromatic heterocycles.